The van der Waals surface area contributed by atoms with Gasteiger partial charge in [0.15, 0.2) is 0 Å². The number of aliphatic hydroxyl groups is 1. The molecule has 1 aliphatic heterocycles. The van der Waals surface area contributed by atoms with E-state index in [2.05, 4.69) is 6.58 Å². The maximum absolute atomic E-state index is 8.98. The standard InChI is InChI=1S/C6H10O2/c1-4-3-6(7)5(2)8-4/h5-7H,1,3H2,2H3/t5-,6+/m0/s1. The summed E-state index contributed by atoms with van der Waals surface area (Å²) in [5.41, 5.74) is 0. The van der Waals surface area contributed by atoms with Gasteiger partial charge in [0, 0.05) is 6.42 Å². The van der Waals surface area contributed by atoms with Crippen molar-refractivity contribution in [3.63, 3.8) is 0 Å². The molecule has 0 saturated carbocycles. The Morgan fingerprint density at radius 3 is 2.62 bits per heavy atom. The zero-order valence-electron chi connectivity index (χ0n) is 4.92. The highest BCUT2D eigenvalue weighted by Crippen LogP contribution is 2.20. The molecule has 1 rings (SSSR count). The second kappa shape index (κ2) is 1.78. The molecule has 1 aliphatic rings. The Hall–Kier alpha value is -0.500. The lowest BCUT2D eigenvalue weighted by molar-refractivity contribution is 0.0728. The molecular weight excluding hydrogens is 104 g/mol. The van der Waals surface area contributed by atoms with Gasteiger partial charge in [-0.2, -0.15) is 0 Å². The number of ether oxygens (including phenoxy) is 1. The molecule has 1 heterocycles. The summed E-state index contributed by atoms with van der Waals surface area (Å²) in [6, 6.07) is 0. The first-order chi connectivity index (χ1) is 3.70. The molecule has 2 atom stereocenters. The Bertz CT molecular complexity index is 97.1. The third-order valence-corrected chi connectivity index (χ3v) is 1.33. The highest BCUT2D eigenvalue weighted by Gasteiger charge is 2.24. The molecule has 0 aromatic carbocycles. The molecule has 1 fully saturated rings. The van der Waals surface area contributed by atoms with Gasteiger partial charge in [-0.1, -0.05) is 6.58 Å². The molecular formula is C6H10O2. The van der Waals surface area contributed by atoms with Crippen LogP contribution in [0.3, 0.4) is 0 Å². The monoisotopic (exact) mass is 114 g/mol. The topological polar surface area (TPSA) is 29.5 Å². The summed E-state index contributed by atoms with van der Waals surface area (Å²) in [6.07, 6.45) is 0.214. The summed E-state index contributed by atoms with van der Waals surface area (Å²) in [7, 11) is 0. The molecule has 0 aliphatic carbocycles. The molecule has 2 heteroatoms. The van der Waals surface area contributed by atoms with Gasteiger partial charge >= 0.3 is 0 Å². The smallest absolute Gasteiger partial charge is 0.122 e. The van der Waals surface area contributed by atoms with Crippen molar-refractivity contribution in [2.45, 2.75) is 25.6 Å². The van der Waals surface area contributed by atoms with Crippen molar-refractivity contribution < 1.29 is 9.84 Å². The van der Waals surface area contributed by atoms with Gasteiger partial charge in [0.25, 0.3) is 0 Å². The summed E-state index contributed by atoms with van der Waals surface area (Å²) in [5, 5.41) is 8.98. The van der Waals surface area contributed by atoms with Crippen molar-refractivity contribution in [1.29, 1.82) is 0 Å². The quantitative estimate of drug-likeness (QED) is 0.501. The Labute approximate surface area is 48.8 Å². The van der Waals surface area contributed by atoms with Gasteiger partial charge in [-0.05, 0) is 6.92 Å². The van der Waals surface area contributed by atoms with Crippen LogP contribution in [-0.2, 0) is 4.74 Å². The van der Waals surface area contributed by atoms with E-state index < -0.39 is 0 Å². The van der Waals surface area contributed by atoms with Gasteiger partial charge in [0.1, 0.15) is 6.10 Å². The van der Waals surface area contributed by atoms with Crippen LogP contribution in [-0.4, -0.2) is 17.3 Å². The van der Waals surface area contributed by atoms with E-state index in [1.54, 1.807) is 0 Å². The fourth-order valence-electron chi connectivity index (χ4n) is 0.789. The Morgan fingerprint density at radius 1 is 1.88 bits per heavy atom. The number of rotatable bonds is 0. The Balaban J connectivity index is 2.51. The molecule has 0 radical (unpaired) electrons. The van der Waals surface area contributed by atoms with E-state index in [4.69, 9.17) is 9.84 Å². The summed E-state index contributed by atoms with van der Waals surface area (Å²) in [4.78, 5) is 0. The van der Waals surface area contributed by atoms with Crippen LogP contribution < -0.4 is 0 Å². The van der Waals surface area contributed by atoms with Crippen molar-refractivity contribution in [3.05, 3.63) is 12.3 Å². The second-order valence-electron chi connectivity index (χ2n) is 2.13. The average molecular weight is 114 g/mol. The molecule has 0 bridgehead atoms. The first kappa shape index (κ1) is 5.63. The van der Waals surface area contributed by atoms with Crippen LogP contribution >= 0.6 is 0 Å². The molecule has 0 aromatic heterocycles. The highest BCUT2D eigenvalue weighted by atomic mass is 16.5. The number of hydrogen-bond acceptors (Lipinski definition) is 2. The molecule has 8 heavy (non-hydrogen) atoms. The van der Waals surface area contributed by atoms with Crippen molar-refractivity contribution in [2.24, 2.45) is 0 Å². The summed E-state index contributed by atoms with van der Waals surface area (Å²) in [5.74, 6) is 0.699. The first-order valence-electron chi connectivity index (χ1n) is 2.72. The van der Waals surface area contributed by atoms with E-state index >= 15 is 0 Å². The third kappa shape index (κ3) is 0.842. The van der Waals surface area contributed by atoms with E-state index in [0.717, 1.165) is 0 Å². The predicted molar refractivity (Wildman–Crippen MR) is 30.3 cm³/mol. The van der Waals surface area contributed by atoms with Gasteiger partial charge in [-0.3, -0.25) is 0 Å². The van der Waals surface area contributed by atoms with Crippen molar-refractivity contribution in [3.8, 4) is 0 Å². The van der Waals surface area contributed by atoms with Gasteiger partial charge in [0.05, 0.1) is 11.9 Å². The minimum atomic E-state index is -0.331. The van der Waals surface area contributed by atoms with E-state index in [0.29, 0.717) is 12.2 Å². The largest absolute Gasteiger partial charge is 0.493 e. The van der Waals surface area contributed by atoms with Gasteiger partial charge in [0.2, 0.25) is 0 Å². The Kier molecular flexibility index (Phi) is 1.26. The van der Waals surface area contributed by atoms with Crippen LogP contribution in [0.1, 0.15) is 13.3 Å². The van der Waals surface area contributed by atoms with Crippen LogP contribution in [0.25, 0.3) is 0 Å². The SMILES string of the molecule is C=C1C[C@@H](O)[C@H](C)O1. The zero-order chi connectivity index (χ0) is 6.15. The molecule has 2 nitrogen and oxygen atoms in total. The molecule has 1 N–H and O–H groups in total. The van der Waals surface area contributed by atoms with Crippen molar-refractivity contribution in [2.75, 3.05) is 0 Å². The molecule has 1 saturated heterocycles. The van der Waals surface area contributed by atoms with Gasteiger partial charge < -0.3 is 9.84 Å². The van der Waals surface area contributed by atoms with Crippen LogP contribution in [0.5, 0.6) is 0 Å². The van der Waals surface area contributed by atoms with Crippen molar-refractivity contribution >= 4 is 0 Å². The highest BCUT2D eigenvalue weighted by molar-refractivity contribution is 4.95. The summed E-state index contributed by atoms with van der Waals surface area (Å²) in [6.45, 7) is 5.41. The first-order valence-corrected chi connectivity index (χ1v) is 2.72. The third-order valence-electron chi connectivity index (χ3n) is 1.33. The predicted octanol–water partition coefficient (Wildman–Crippen LogP) is 0.670. The fourth-order valence-corrected chi connectivity index (χ4v) is 0.789. The lowest BCUT2D eigenvalue weighted by atomic mass is 10.2. The fraction of sp³-hybridized carbons (Fsp3) is 0.667. The maximum atomic E-state index is 8.98. The van der Waals surface area contributed by atoms with E-state index in [1.807, 2.05) is 6.92 Å². The molecule has 0 aromatic rings. The second-order valence-corrected chi connectivity index (χ2v) is 2.13. The average Bonchev–Trinajstić information content (AvgIpc) is 1.85. The lowest BCUT2D eigenvalue weighted by Crippen LogP contribution is -2.15. The molecule has 0 spiro atoms. The maximum Gasteiger partial charge on any atom is 0.122 e. The lowest BCUT2D eigenvalue weighted by Gasteiger charge is -2.04. The molecule has 0 amide bonds. The van der Waals surface area contributed by atoms with Crippen LogP contribution in [0.2, 0.25) is 0 Å². The van der Waals surface area contributed by atoms with Gasteiger partial charge in [-0.15, -0.1) is 0 Å². The number of hydrogen-bond donors (Lipinski definition) is 1. The van der Waals surface area contributed by atoms with E-state index in [-0.39, 0.29) is 12.2 Å². The minimum Gasteiger partial charge on any atom is -0.493 e. The van der Waals surface area contributed by atoms with Crippen LogP contribution in [0, 0.1) is 0 Å². The Morgan fingerprint density at radius 2 is 2.50 bits per heavy atom. The normalized spacial score (nSPS) is 37.5. The van der Waals surface area contributed by atoms with Crippen molar-refractivity contribution in [1.82, 2.24) is 0 Å². The van der Waals surface area contributed by atoms with E-state index in [9.17, 15) is 0 Å². The van der Waals surface area contributed by atoms with Crippen LogP contribution in [0.15, 0.2) is 12.3 Å². The molecule has 0 unspecified atom stereocenters. The van der Waals surface area contributed by atoms with Crippen LogP contribution in [0.4, 0.5) is 0 Å². The van der Waals surface area contributed by atoms with Gasteiger partial charge in [-0.25, -0.2) is 0 Å². The number of aliphatic hydroxyl groups excluding tert-OH is 1. The zero-order valence-corrected chi connectivity index (χ0v) is 4.92. The minimum absolute atomic E-state index is 0.0532. The summed E-state index contributed by atoms with van der Waals surface area (Å²) < 4.78 is 5.03. The summed E-state index contributed by atoms with van der Waals surface area (Å²) >= 11 is 0. The molecule has 46 valence electrons. The van der Waals surface area contributed by atoms with E-state index in [1.165, 1.54) is 0 Å².